The lowest BCUT2D eigenvalue weighted by molar-refractivity contribution is -0.0433. The maximum Gasteiger partial charge on any atom is 0.0684 e. The summed E-state index contributed by atoms with van der Waals surface area (Å²) in [6.45, 7) is 10.7. The van der Waals surface area contributed by atoms with Gasteiger partial charge in [-0.05, 0) is 49.9 Å². The van der Waals surface area contributed by atoms with Gasteiger partial charge in [0, 0.05) is 0 Å². The Morgan fingerprint density at radius 3 is 2.64 bits per heavy atom. The topological polar surface area (TPSA) is 20.2 Å². The van der Waals surface area contributed by atoms with Crippen LogP contribution in [0, 0.1) is 23.7 Å². The van der Waals surface area contributed by atoms with Crippen molar-refractivity contribution < 1.29 is 5.11 Å². The summed E-state index contributed by atoms with van der Waals surface area (Å²) in [4.78, 5) is 0. The summed E-state index contributed by atoms with van der Waals surface area (Å²) in [5, 5.41) is 10.3. The van der Waals surface area contributed by atoms with Crippen molar-refractivity contribution in [1.29, 1.82) is 0 Å². The predicted molar refractivity (Wildman–Crippen MR) is 58.9 cm³/mol. The molecule has 2 aliphatic carbocycles. The molecule has 0 bridgehead atoms. The third kappa shape index (κ3) is 1.42. The maximum absolute atomic E-state index is 10.3. The third-order valence-corrected chi connectivity index (χ3v) is 4.58. The van der Waals surface area contributed by atoms with Gasteiger partial charge >= 0.3 is 0 Å². The largest absolute Gasteiger partial charge is 0.390 e. The molecule has 2 saturated carbocycles. The van der Waals surface area contributed by atoms with Gasteiger partial charge in [0.2, 0.25) is 0 Å². The highest BCUT2D eigenvalue weighted by Crippen LogP contribution is 2.52. The van der Waals surface area contributed by atoms with Crippen LogP contribution in [0.3, 0.4) is 0 Å². The molecule has 0 saturated heterocycles. The van der Waals surface area contributed by atoms with E-state index in [0.717, 1.165) is 12.3 Å². The number of fused-ring (bicyclic) bond motifs is 1. The van der Waals surface area contributed by atoms with Gasteiger partial charge in [-0.1, -0.05) is 26.0 Å². The van der Waals surface area contributed by atoms with Crippen LogP contribution in [0.1, 0.15) is 40.0 Å². The molecule has 1 nitrogen and oxygen atoms in total. The molecule has 2 aliphatic rings. The Morgan fingerprint density at radius 1 is 1.36 bits per heavy atom. The summed E-state index contributed by atoms with van der Waals surface area (Å²) in [6.07, 6.45) is 3.38. The Morgan fingerprint density at radius 2 is 2.00 bits per heavy atom. The molecule has 2 rings (SSSR count). The summed E-state index contributed by atoms with van der Waals surface area (Å²) in [6, 6.07) is 0. The minimum absolute atomic E-state index is 0.433. The van der Waals surface area contributed by atoms with E-state index in [1.54, 1.807) is 0 Å². The first-order chi connectivity index (χ1) is 6.42. The fraction of sp³-hybridized carbons (Fsp3) is 0.846. The van der Waals surface area contributed by atoms with Gasteiger partial charge in [0.15, 0.2) is 0 Å². The monoisotopic (exact) mass is 194 g/mol. The van der Waals surface area contributed by atoms with Gasteiger partial charge in [0.25, 0.3) is 0 Å². The summed E-state index contributed by atoms with van der Waals surface area (Å²) in [5.41, 5.74) is 0.782. The van der Waals surface area contributed by atoms with Gasteiger partial charge in [-0.3, -0.25) is 0 Å². The van der Waals surface area contributed by atoms with Crippen LogP contribution in [0.25, 0.3) is 0 Å². The molecule has 1 heteroatoms. The first kappa shape index (κ1) is 10.2. The summed E-state index contributed by atoms with van der Waals surface area (Å²) < 4.78 is 0. The van der Waals surface area contributed by atoms with Crippen molar-refractivity contribution in [2.75, 3.05) is 0 Å². The van der Waals surface area contributed by atoms with E-state index >= 15 is 0 Å². The highest BCUT2D eigenvalue weighted by atomic mass is 16.3. The molecule has 0 aromatic carbocycles. The summed E-state index contributed by atoms with van der Waals surface area (Å²) >= 11 is 0. The minimum Gasteiger partial charge on any atom is -0.390 e. The predicted octanol–water partition coefficient (Wildman–Crippen LogP) is 3.00. The lowest BCUT2D eigenvalue weighted by Gasteiger charge is -2.44. The van der Waals surface area contributed by atoms with Gasteiger partial charge in [-0.15, -0.1) is 0 Å². The fourth-order valence-corrected chi connectivity index (χ4v) is 3.57. The SMILES string of the molecule is C=C1CC(C)(O)C(C)C2CC(C)CC12. The normalized spacial score (nSPS) is 53.3. The van der Waals surface area contributed by atoms with E-state index in [0.29, 0.717) is 17.8 Å². The molecule has 0 radical (unpaired) electrons. The molecular weight excluding hydrogens is 172 g/mol. The van der Waals surface area contributed by atoms with E-state index in [1.165, 1.54) is 18.4 Å². The van der Waals surface area contributed by atoms with E-state index in [1.807, 2.05) is 6.92 Å². The van der Waals surface area contributed by atoms with Gasteiger partial charge in [-0.2, -0.15) is 0 Å². The van der Waals surface area contributed by atoms with Crippen LogP contribution < -0.4 is 0 Å². The van der Waals surface area contributed by atoms with E-state index < -0.39 is 5.60 Å². The summed E-state index contributed by atoms with van der Waals surface area (Å²) in [5.74, 6) is 2.63. The molecule has 80 valence electrons. The van der Waals surface area contributed by atoms with Gasteiger partial charge in [0.1, 0.15) is 0 Å². The second-order valence-corrected chi connectivity index (χ2v) is 5.83. The molecule has 0 aromatic rings. The van der Waals surface area contributed by atoms with Crippen LogP contribution in [0.5, 0.6) is 0 Å². The lowest BCUT2D eigenvalue weighted by atomic mass is 9.65. The molecule has 0 aromatic heterocycles. The molecule has 0 heterocycles. The zero-order chi connectivity index (χ0) is 10.5. The first-order valence-corrected chi connectivity index (χ1v) is 5.82. The van der Waals surface area contributed by atoms with Crippen molar-refractivity contribution >= 4 is 0 Å². The summed E-state index contributed by atoms with van der Waals surface area (Å²) in [7, 11) is 0. The Kier molecular flexibility index (Phi) is 2.26. The molecule has 1 N–H and O–H groups in total. The van der Waals surface area contributed by atoms with Crippen LogP contribution in [-0.4, -0.2) is 10.7 Å². The molecule has 14 heavy (non-hydrogen) atoms. The van der Waals surface area contributed by atoms with Crippen molar-refractivity contribution in [3.63, 3.8) is 0 Å². The first-order valence-electron chi connectivity index (χ1n) is 5.82. The zero-order valence-corrected chi connectivity index (χ0v) is 9.59. The van der Waals surface area contributed by atoms with Gasteiger partial charge in [0.05, 0.1) is 5.60 Å². The molecule has 0 spiro atoms. The van der Waals surface area contributed by atoms with Crippen LogP contribution in [-0.2, 0) is 0 Å². The highest BCUT2D eigenvalue weighted by molar-refractivity contribution is 5.16. The standard InChI is InChI=1S/C13H22O/c1-8-5-11-9(2)7-13(4,14)10(3)12(11)6-8/h8,10-12,14H,2,5-7H2,1,3-4H3. The van der Waals surface area contributed by atoms with Crippen molar-refractivity contribution in [3.05, 3.63) is 12.2 Å². The van der Waals surface area contributed by atoms with Crippen LogP contribution in [0.2, 0.25) is 0 Å². The Bertz CT molecular complexity index is 254. The Balaban J connectivity index is 2.24. The Hall–Kier alpha value is -0.300. The van der Waals surface area contributed by atoms with E-state index in [-0.39, 0.29) is 0 Å². The highest BCUT2D eigenvalue weighted by Gasteiger charge is 2.48. The zero-order valence-electron chi connectivity index (χ0n) is 9.59. The second-order valence-electron chi connectivity index (χ2n) is 5.83. The van der Waals surface area contributed by atoms with Crippen LogP contribution in [0.4, 0.5) is 0 Å². The van der Waals surface area contributed by atoms with Crippen molar-refractivity contribution in [2.24, 2.45) is 23.7 Å². The molecule has 5 unspecified atom stereocenters. The number of rotatable bonds is 0. The Labute approximate surface area is 87.2 Å². The second kappa shape index (κ2) is 3.10. The molecule has 5 atom stereocenters. The smallest absolute Gasteiger partial charge is 0.0684 e. The van der Waals surface area contributed by atoms with E-state index in [9.17, 15) is 5.11 Å². The molecule has 2 fully saturated rings. The average Bonchev–Trinajstić information content (AvgIpc) is 2.43. The van der Waals surface area contributed by atoms with Gasteiger partial charge < -0.3 is 5.11 Å². The molecule has 0 aliphatic heterocycles. The lowest BCUT2D eigenvalue weighted by Crippen LogP contribution is -2.44. The molecule has 0 amide bonds. The third-order valence-electron chi connectivity index (χ3n) is 4.58. The number of hydrogen-bond donors (Lipinski definition) is 1. The maximum atomic E-state index is 10.3. The average molecular weight is 194 g/mol. The van der Waals surface area contributed by atoms with Gasteiger partial charge in [-0.25, -0.2) is 0 Å². The van der Waals surface area contributed by atoms with E-state index in [2.05, 4.69) is 20.4 Å². The number of hydrogen-bond acceptors (Lipinski definition) is 1. The fourth-order valence-electron chi connectivity index (χ4n) is 3.57. The van der Waals surface area contributed by atoms with Crippen molar-refractivity contribution in [1.82, 2.24) is 0 Å². The minimum atomic E-state index is -0.512. The van der Waals surface area contributed by atoms with Crippen molar-refractivity contribution in [3.8, 4) is 0 Å². The van der Waals surface area contributed by atoms with Crippen LogP contribution in [0.15, 0.2) is 12.2 Å². The van der Waals surface area contributed by atoms with Crippen molar-refractivity contribution in [2.45, 2.75) is 45.6 Å². The van der Waals surface area contributed by atoms with E-state index in [4.69, 9.17) is 0 Å². The van der Waals surface area contributed by atoms with Crippen LogP contribution >= 0.6 is 0 Å². The molecular formula is C13H22O. The number of aliphatic hydroxyl groups is 1. The quantitative estimate of drug-likeness (QED) is 0.588.